The molecule has 0 aromatic heterocycles. The largest absolute Gasteiger partial charge is 0.480 e. The molecule has 0 aliphatic rings. The van der Waals surface area contributed by atoms with Gasteiger partial charge in [-0.2, -0.15) is 0 Å². The van der Waals surface area contributed by atoms with Crippen LogP contribution in [0, 0.1) is 6.92 Å². The summed E-state index contributed by atoms with van der Waals surface area (Å²) < 4.78 is 0. The summed E-state index contributed by atoms with van der Waals surface area (Å²) in [7, 11) is 0. The van der Waals surface area contributed by atoms with Crippen LogP contribution in [0.5, 0.6) is 0 Å². The fourth-order valence-corrected chi connectivity index (χ4v) is 1.88. The van der Waals surface area contributed by atoms with E-state index in [0.717, 1.165) is 24.0 Å². The second-order valence-electron chi connectivity index (χ2n) is 4.85. The maximum Gasteiger partial charge on any atom is 0.326 e. The molecule has 20 heavy (non-hydrogen) atoms. The van der Waals surface area contributed by atoms with Crippen molar-refractivity contribution in [3.63, 3.8) is 0 Å². The number of urea groups is 1. The molecule has 1 aromatic carbocycles. The predicted octanol–water partition coefficient (Wildman–Crippen LogP) is 2.44. The van der Waals surface area contributed by atoms with Gasteiger partial charge in [0, 0.05) is 6.54 Å². The number of amides is 2. The lowest BCUT2D eigenvalue weighted by Crippen LogP contribution is -2.45. The quantitative estimate of drug-likeness (QED) is 0.716. The van der Waals surface area contributed by atoms with Crippen molar-refractivity contribution in [2.45, 2.75) is 45.7 Å². The number of carboxylic acids is 1. The van der Waals surface area contributed by atoms with Crippen LogP contribution in [0.25, 0.3) is 0 Å². The van der Waals surface area contributed by atoms with Crippen molar-refractivity contribution in [1.82, 2.24) is 10.6 Å². The summed E-state index contributed by atoms with van der Waals surface area (Å²) in [6.45, 7) is 4.35. The molecule has 0 bridgehead atoms. The van der Waals surface area contributed by atoms with Gasteiger partial charge in [-0.05, 0) is 18.9 Å². The number of rotatable bonds is 7. The van der Waals surface area contributed by atoms with Crippen molar-refractivity contribution in [3.8, 4) is 0 Å². The molecule has 0 radical (unpaired) electrons. The van der Waals surface area contributed by atoms with E-state index in [-0.39, 0.29) is 0 Å². The fourth-order valence-electron chi connectivity index (χ4n) is 1.88. The van der Waals surface area contributed by atoms with Gasteiger partial charge in [0.15, 0.2) is 0 Å². The number of hydrogen-bond donors (Lipinski definition) is 3. The third-order valence-corrected chi connectivity index (χ3v) is 2.99. The standard InChI is InChI=1S/C15H22N2O3/c1-3-4-8-13(14(18)19)17-15(20)16-10-12-7-5-6-11(2)9-12/h5-7,9,13H,3-4,8,10H2,1-2H3,(H,18,19)(H2,16,17,20)/t13-/m0/s1. The minimum Gasteiger partial charge on any atom is -0.480 e. The Morgan fingerprint density at radius 3 is 2.70 bits per heavy atom. The second kappa shape index (κ2) is 8.19. The number of carboxylic acid groups (broad SMARTS) is 1. The second-order valence-corrected chi connectivity index (χ2v) is 4.85. The lowest BCUT2D eigenvalue weighted by molar-refractivity contribution is -0.139. The monoisotopic (exact) mass is 278 g/mol. The van der Waals surface area contributed by atoms with E-state index < -0.39 is 18.0 Å². The average Bonchev–Trinajstić information content (AvgIpc) is 2.41. The Hall–Kier alpha value is -2.04. The van der Waals surface area contributed by atoms with Crippen molar-refractivity contribution in [2.75, 3.05) is 0 Å². The zero-order chi connectivity index (χ0) is 15.0. The molecular weight excluding hydrogens is 256 g/mol. The Morgan fingerprint density at radius 1 is 1.35 bits per heavy atom. The van der Waals surface area contributed by atoms with Gasteiger partial charge >= 0.3 is 12.0 Å². The van der Waals surface area contributed by atoms with E-state index in [9.17, 15) is 9.59 Å². The smallest absolute Gasteiger partial charge is 0.326 e. The van der Waals surface area contributed by atoms with Crippen molar-refractivity contribution < 1.29 is 14.7 Å². The van der Waals surface area contributed by atoms with E-state index in [0.29, 0.717) is 13.0 Å². The zero-order valence-electron chi connectivity index (χ0n) is 12.0. The molecule has 0 spiro atoms. The number of aliphatic carboxylic acids is 1. The van der Waals surface area contributed by atoms with Gasteiger partial charge in [-0.25, -0.2) is 9.59 Å². The molecule has 0 saturated carbocycles. The molecule has 3 N–H and O–H groups in total. The lowest BCUT2D eigenvalue weighted by atomic mass is 10.1. The molecule has 0 aliphatic heterocycles. The van der Waals surface area contributed by atoms with Crippen LogP contribution in [0.1, 0.15) is 37.3 Å². The molecule has 1 rings (SSSR count). The van der Waals surface area contributed by atoms with Gasteiger partial charge in [0.2, 0.25) is 0 Å². The first-order valence-corrected chi connectivity index (χ1v) is 6.85. The van der Waals surface area contributed by atoms with E-state index in [1.165, 1.54) is 0 Å². The van der Waals surface area contributed by atoms with Crippen LogP contribution in [0.2, 0.25) is 0 Å². The molecule has 5 nitrogen and oxygen atoms in total. The first kappa shape index (κ1) is 16.0. The molecule has 0 unspecified atom stereocenters. The van der Waals surface area contributed by atoms with Gasteiger partial charge < -0.3 is 15.7 Å². The Morgan fingerprint density at radius 2 is 2.10 bits per heavy atom. The number of unbranched alkanes of at least 4 members (excludes halogenated alkanes) is 1. The van der Waals surface area contributed by atoms with E-state index in [4.69, 9.17) is 5.11 Å². The number of benzene rings is 1. The van der Waals surface area contributed by atoms with E-state index >= 15 is 0 Å². The summed E-state index contributed by atoms with van der Waals surface area (Å²) in [6, 6.07) is 6.52. The van der Waals surface area contributed by atoms with Gasteiger partial charge in [-0.15, -0.1) is 0 Å². The number of hydrogen-bond acceptors (Lipinski definition) is 2. The van der Waals surface area contributed by atoms with Gasteiger partial charge in [-0.3, -0.25) is 0 Å². The zero-order valence-corrected chi connectivity index (χ0v) is 12.0. The molecule has 0 saturated heterocycles. The fraction of sp³-hybridized carbons (Fsp3) is 0.467. The first-order chi connectivity index (χ1) is 9.52. The molecule has 0 heterocycles. The van der Waals surface area contributed by atoms with Crippen molar-refractivity contribution in [3.05, 3.63) is 35.4 Å². The highest BCUT2D eigenvalue weighted by Gasteiger charge is 2.18. The van der Waals surface area contributed by atoms with Gasteiger partial charge in [0.05, 0.1) is 0 Å². The molecule has 110 valence electrons. The summed E-state index contributed by atoms with van der Waals surface area (Å²) in [6.07, 6.45) is 2.12. The maximum atomic E-state index is 11.7. The van der Waals surface area contributed by atoms with Crippen LogP contribution in [0.3, 0.4) is 0 Å². The van der Waals surface area contributed by atoms with Crippen LogP contribution < -0.4 is 10.6 Å². The summed E-state index contributed by atoms with van der Waals surface area (Å²) in [5, 5.41) is 14.2. The molecule has 1 atom stereocenters. The van der Waals surface area contributed by atoms with Crippen LogP contribution in [-0.4, -0.2) is 23.1 Å². The average molecular weight is 278 g/mol. The van der Waals surface area contributed by atoms with Crippen molar-refractivity contribution in [1.29, 1.82) is 0 Å². The van der Waals surface area contributed by atoms with Crippen LogP contribution in [-0.2, 0) is 11.3 Å². The topological polar surface area (TPSA) is 78.4 Å². The molecular formula is C15H22N2O3. The van der Waals surface area contributed by atoms with Crippen molar-refractivity contribution >= 4 is 12.0 Å². The summed E-state index contributed by atoms with van der Waals surface area (Å²) in [4.78, 5) is 22.7. The van der Waals surface area contributed by atoms with E-state index in [1.54, 1.807) is 0 Å². The summed E-state index contributed by atoms with van der Waals surface area (Å²) in [5.41, 5.74) is 2.11. The van der Waals surface area contributed by atoms with Gasteiger partial charge in [-0.1, -0.05) is 49.6 Å². The normalized spacial score (nSPS) is 11.7. The summed E-state index contributed by atoms with van der Waals surface area (Å²) in [5.74, 6) is -0.996. The predicted molar refractivity (Wildman–Crippen MR) is 77.5 cm³/mol. The molecule has 0 fully saturated rings. The maximum absolute atomic E-state index is 11.7. The Bertz CT molecular complexity index is 460. The van der Waals surface area contributed by atoms with Crippen LogP contribution in [0.4, 0.5) is 4.79 Å². The molecule has 0 aliphatic carbocycles. The van der Waals surface area contributed by atoms with Crippen LogP contribution in [0.15, 0.2) is 24.3 Å². The Kier molecular flexibility index (Phi) is 6.56. The van der Waals surface area contributed by atoms with E-state index in [2.05, 4.69) is 10.6 Å². The highest BCUT2D eigenvalue weighted by molar-refractivity contribution is 5.82. The third-order valence-electron chi connectivity index (χ3n) is 2.99. The van der Waals surface area contributed by atoms with Crippen molar-refractivity contribution in [2.24, 2.45) is 0 Å². The van der Waals surface area contributed by atoms with E-state index in [1.807, 2.05) is 38.1 Å². The third kappa shape index (κ3) is 5.73. The minimum atomic E-state index is -0.996. The highest BCUT2D eigenvalue weighted by atomic mass is 16.4. The first-order valence-electron chi connectivity index (χ1n) is 6.85. The van der Waals surface area contributed by atoms with Crippen LogP contribution >= 0.6 is 0 Å². The minimum absolute atomic E-state index is 0.383. The van der Waals surface area contributed by atoms with Gasteiger partial charge in [0.1, 0.15) is 6.04 Å². The highest BCUT2D eigenvalue weighted by Crippen LogP contribution is 2.04. The molecule has 5 heteroatoms. The Balaban J connectivity index is 2.43. The SMILES string of the molecule is CCCC[C@H](NC(=O)NCc1cccc(C)c1)C(=O)O. The molecule has 1 aromatic rings. The number of nitrogens with one attached hydrogen (secondary N) is 2. The number of carbonyl (C=O) groups excluding carboxylic acids is 1. The number of aryl methyl sites for hydroxylation is 1. The Labute approximate surface area is 119 Å². The lowest BCUT2D eigenvalue weighted by Gasteiger charge is -2.14. The molecule has 2 amide bonds. The summed E-state index contributed by atoms with van der Waals surface area (Å²) >= 11 is 0. The van der Waals surface area contributed by atoms with Gasteiger partial charge in [0.25, 0.3) is 0 Å². The number of carbonyl (C=O) groups is 2.